The Labute approximate surface area is 258 Å². The Hall–Kier alpha value is -3.36. The molecule has 0 bridgehead atoms. The number of hydrogen-bond donors (Lipinski definition) is 1. The summed E-state index contributed by atoms with van der Waals surface area (Å²) in [5.74, 6) is -1.54. The number of carbonyl (C=O) groups is 3. The van der Waals surface area contributed by atoms with E-state index in [0.717, 1.165) is 48.2 Å². The van der Waals surface area contributed by atoms with Crippen LogP contribution in [0.4, 0.5) is 11.4 Å². The molecule has 5 atom stereocenters. The summed E-state index contributed by atoms with van der Waals surface area (Å²) in [5.41, 5.74) is 3.75. The van der Waals surface area contributed by atoms with Gasteiger partial charge < -0.3 is 19.8 Å². The molecule has 2 aromatic carbocycles. The number of aliphatic hydroxyl groups is 1. The number of para-hydroxylation sites is 1. The summed E-state index contributed by atoms with van der Waals surface area (Å²) < 4.78 is -1.52. The smallest absolute Gasteiger partial charge is 0.251 e. The van der Waals surface area contributed by atoms with Crippen molar-refractivity contribution in [2.24, 2.45) is 11.8 Å². The van der Waals surface area contributed by atoms with Crippen molar-refractivity contribution in [1.82, 2.24) is 4.90 Å². The number of nitrogens with zero attached hydrogens (tertiary/aromatic N) is 3. The Balaban J connectivity index is 1.43. The summed E-state index contributed by atoms with van der Waals surface area (Å²) in [6.07, 6.45) is 11.5. The summed E-state index contributed by atoms with van der Waals surface area (Å²) in [5, 5.41) is 9.25. The van der Waals surface area contributed by atoms with Crippen molar-refractivity contribution in [3.8, 4) is 0 Å². The molecule has 1 N–H and O–H groups in total. The molecule has 2 fully saturated rings. The summed E-state index contributed by atoms with van der Waals surface area (Å²) in [7, 11) is 0. The molecule has 6 rings (SSSR count). The lowest BCUT2D eigenvalue weighted by atomic mass is 9.74. The molecule has 0 aliphatic carbocycles. The van der Waals surface area contributed by atoms with Crippen molar-refractivity contribution in [3.63, 3.8) is 0 Å². The van der Waals surface area contributed by atoms with Crippen LogP contribution >= 0.6 is 11.8 Å². The number of fused-ring (bicyclic) bond motifs is 2. The van der Waals surface area contributed by atoms with E-state index in [1.165, 1.54) is 0 Å². The normalized spacial score (nSPS) is 29.9. The molecule has 4 aliphatic heterocycles. The molecule has 1 spiro atoms. The number of unbranched alkanes of at least 4 members (excludes halogenated alkanes) is 3. The predicted octanol–water partition coefficient (Wildman–Crippen LogP) is 5.05. The monoisotopic (exact) mass is 599 g/mol. The van der Waals surface area contributed by atoms with Crippen molar-refractivity contribution in [3.05, 3.63) is 84.0 Å². The van der Waals surface area contributed by atoms with Crippen LogP contribution in [0.15, 0.2) is 72.8 Å². The number of thioether (sulfide) groups is 1. The first-order chi connectivity index (χ1) is 20.7. The molecule has 2 saturated heterocycles. The second kappa shape index (κ2) is 11.6. The number of amides is 3. The Morgan fingerprint density at radius 3 is 2.33 bits per heavy atom. The first-order valence-electron chi connectivity index (χ1n) is 15.4. The van der Waals surface area contributed by atoms with Crippen LogP contribution in [0.25, 0.3) is 0 Å². The molecule has 226 valence electrons. The minimum atomic E-state index is -0.870. The average molecular weight is 600 g/mol. The quantitative estimate of drug-likeness (QED) is 0.339. The van der Waals surface area contributed by atoms with Crippen LogP contribution in [0, 0.1) is 25.7 Å². The summed E-state index contributed by atoms with van der Waals surface area (Å²) >= 11 is 1.63. The lowest BCUT2D eigenvalue weighted by Gasteiger charge is -2.37. The molecular weight excluding hydrogens is 558 g/mol. The maximum absolute atomic E-state index is 14.8. The molecule has 1 unspecified atom stereocenters. The van der Waals surface area contributed by atoms with E-state index in [4.69, 9.17) is 0 Å². The number of benzene rings is 2. The lowest BCUT2D eigenvalue weighted by molar-refractivity contribution is -0.139. The van der Waals surface area contributed by atoms with Crippen molar-refractivity contribution < 1.29 is 19.5 Å². The minimum absolute atomic E-state index is 0.0681. The number of aliphatic hydroxyl groups excluding tert-OH is 1. The van der Waals surface area contributed by atoms with E-state index in [9.17, 15) is 19.5 Å². The zero-order valence-electron chi connectivity index (χ0n) is 25.2. The molecule has 3 amide bonds. The largest absolute Gasteiger partial charge is 0.396 e. The minimum Gasteiger partial charge on any atom is -0.396 e. The standard InChI is InChI=1S/C35H41N3O4S/c1-24-15-16-25(2)27(23-24)37-21-12-18-35-29(32(41)38(30(35)33(37)42)19-9-4-5-10-22-39)28-31(40)36(26-13-7-6-8-14-26)20-11-17-34(28,3)43-35/h6-8,11-18,23,28-30,39H,4-5,9-10,19-22H2,1-3H3/t28-,29+,30?,34+,35+/m1/s1. The zero-order chi connectivity index (χ0) is 30.4. The molecule has 43 heavy (non-hydrogen) atoms. The zero-order valence-corrected chi connectivity index (χ0v) is 26.1. The van der Waals surface area contributed by atoms with Crippen LogP contribution in [0.2, 0.25) is 0 Å². The van der Waals surface area contributed by atoms with E-state index in [2.05, 4.69) is 19.1 Å². The Morgan fingerprint density at radius 2 is 1.56 bits per heavy atom. The van der Waals surface area contributed by atoms with Gasteiger partial charge in [-0.05, 0) is 62.9 Å². The molecule has 0 radical (unpaired) electrons. The molecule has 0 aromatic heterocycles. The number of hydrogen-bond acceptors (Lipinski definition) is 5. The fourth-order valence-corrected chi connectivity index (χ4v) is 9.73. The summed E-state index contributed by atoms with van der Waals surface area (Å²) in [6.45, 7) is 7.55. The Kier molecular flexibility index (Phi) is 8.03. The highest BCUT2D eigenvalue weighted by atomic mass is 32.2. The van der Waals surface area contributed by atoms with Gasteiger partial charge >= 0.3 is 0 Å². The topological polar surface area (TPSA) is 81.2 Å². The van der Waals surface area contributed by atoms with Gasteiger partial charge in [0.2, 0.25) is 11.8 Å². The van der Waals surface area contributed by atoms with Gasteiger partial charge in [-0.2, -0.15) is 0 Å². The highest BCUT2D eigenvalue weighted by Crippen LogP contribution is 2.65. The molecule has 4 aliphatic rings. The van der Waals surface area contributed by atoms with Gasteiger partial charge in [-0.15, -0.1) is 11.8 Å². The third-order valence-electron chi connectivity index (χ3n) is 9.59. The van der Waals surface area contributed by atoms with Gasteiger partial charge in [0.05, 0.1) is 16.6 Å². The van der Waals surface area contributed by atoms with E-state index < -0.39 is 27.4 Å². The third kappa shape index (κ3) is 4.92. The maximum atomic E-state index is 14.8. The van der Waals surface area contributed by atoms with E-state index in [-0.39, 0.29) is 24.3 Å². The van der Waals surface area contributed by atoms with Crippen LogP contribution in [0.3, 0.4) is 0 Å². The van der Waals surface area contributed by atoms with Crippen LogP contribution in [0.5, 0.6) is 0 Å². The van der Waals surface area contributed by atoms with Gasteiger partial charge in [0.25, 0.3) is 5.91 Å². The van der Waals surface area contributed by atoms with Crippen molar-refractivity contribution in [1.29, 1.82) is 0 Å². The van der Waals surface area contributed by atoms with Gasteiger partial charge in [0.15, 0.2) is 0 Å². The SMILES string of the molecule is Cc1ccc(C)c(N2CC=C[C@]34S[C@@]5(C)C=CCN(c6ccccc6)C(=O)[C@H]5[C@H]3C(=O)N(CCCCCCO)C4C2=O)c1. The van der Waals surface area contributed by atoms with Gasteiger partial charge in [-0.25, -0.2) is 0 Å². The number of anilines is 2. The fourth-order valence-electron chi connectivity index (χ4n) is 7.58. The van der Waals surface area contributed by atoms with Gasteiger partial charge in [-0.3, -0.25) is 14.4 Å². The number of carbonyl (C=O) groups excluding carboxylic acids is 3. The Bertz CT molecular complexity index is 1470. The second-order valence-corrected chi connectivity index (χ2v) is 14.3. The number of likely N-dealkylation sites (tertiary alicyclic amines) is 1. The van der Waals surface area contributed by atoms with Crippen LogP contribution in [-0.2, 0) is 14.4 Å². The third-order valence-corrected chi connectivity index (χ3v) is 11.4. The fraction of sp³-hybridized carbons (Fsp3) is 0.457. The molecule has 0 saturated carbocycles. The summed E-state index contributed by atoms with van der Waals surface area (Å²) in [4.78, 5) is 49.4. The van der Waals surface area contributed by atoms with Gasteiger partial charge in [0, 0.05) is 42.4 Å². The van der Waals surface area contributed by atoms with E-state index in [1.54, 1.807) is 21.6 Å². The van der Waals surface area contributed by atoms with Gasteiger partial charge in [-0.1, -0.05) is 67.5 Å². The number of aryl methyl sites for hydroxylation is 2. The maximum Gasteiger partial charge on any atom is 0.251 e. The van der Waals surface area contributed by atoms with E-state index in [1.807, 2.05) is 79.4 Å². The van der Waals surface area contributed by atoms with Crippen molar-refractivity contribution >= 4 is 40.9 Å². The average Bonchev–Trinajstić information content (AvgIpc) is 3.25. The molecule has 4 heterocycles. The van der Waals surface area contributed by atoms with Crippen LogP contribution in [0.1, 0.15) is 43.7 Å². The first-order valence-corrected chi connectivity index (χ1v) is 16.3. The predicted molar refractivity (Wildman–Crippen MR) is 172 cm³/mol. The van der Waals surface area contributed by atoms with Crippen molar-refractivity contribution in [2.45, 2.75) is 62.0 Å². The Morgan fingerprint density at radius 1 is 0.837 bits per heavy atom. The summed E-state index contributed by atoms with van der Waals surface area (Å²) in [6, 6.07) is 15.0. The van der Waals surface area contributed by atoms with E-state index >= 15 is 0 Å². The van der Waals surface area contributed by atoms with Crippen molar-refractivity contribution in [2.75, 3.05) is 36.0 Å². The molecule has 7 nitrogen and oxygen atoms in total. The number of rotatable bonds is 8. The lowest BCUT2D eigenvalue weighted by Crippen LogP contribution is -2.53. The first kappa shape index (κ1) is 29.7. The molecular formula is C35H41N3O4S. The van der Waals surface area contributed by atoms with Crippen LogP contribution < -0.4 is 9.80 Å². The highest BCUT2D eigenvalue weighted by molar-refractivity contribution is 8.02. The highest BCUT2D eigenvalue weighted by Gasteiger charge is 2.74. The second-order valence-electron chi connectivity index (χ2n) is 12.5. The van der Waals surface area contributed by atoms with Gasteiger partial charge in [0.1, 0.15) is 6.04 Å². The molecule has 2 aromatic rings. The van der Waals surface area contributed by atoms with E-state index in [0.29, 0.717) is 19.6 Å². The van der Waals surface area contributed by atoms with Crippen LogP contribution in [-0.4, -0.2) is 69.5 Å². The molecule has 8 heteroatoms.